The fourth-order valence-corrected chi connectivity index (χ4v) is 5.93. The number of pyridine rings is 2. The number of alkyl halides is 3. The van der Waals surface area contributed by atoms with E-state index in [0.717, 1.165) is 26.3 Å². The van der Waals surface area contributed by atoms with E-state index in [1.807, 2.05) is 4.90 Å². The van der Waals surface area contributed by atoms with Crippen LogP contribution in [0.4, 0.5) is 29.1 Å². The summed E-state index contributed by atoms with van der Waals surface area (Å²) in [6.45, 7) is 2.73. The fourth-order valence-electron chi connectivity index (χ4n) is 4.19. The van der Waals surface area contributed by atoms with Gasteiger partial charge in [0.1, 0.15) is 22.6 Å². The van der Waals surface area contributed by atoms with E-state index in [1.165, 1.54) is 18.6 Å². The molecule has 0 amide bonds. The first-order chi connectivity index (χ1) is 20.4. The van der Waals surface area contributed by atoms with Crippen LogP contribution in [0.5, 0.6) is 5.88 Å². The van der Waals surface area contributed by atoms with E-state index < -0.39 is 49.5 Å². The van der Waals surface area contributed by atoms with Crippen molar-refractivity contribution in [3.8, 4) is 17.1 Å². The molecule has 1 saturated heterocycles. The summed E-state index contributed by atoms with van der Waals surface area (Å²) in [5.41, 5.74) is 0.482. The summed E-state index contributed by atoms with van der Waals surface area (Å²) in [5, 5.41) is 2.55. The summed E-state index contributed by atoms with van der Waals surface area (Å²) in [4.78, 5) is 34.7. The van der Waals surface area contributed by atoms with Gasteiger partial charge in [-0.05, 0) is 36.4 Å². The highest BCUT2D eigenvalue weighted by atomic mass is 35.5. The van der Waals surface area contributed by atoms with E-state index in [0.29, 0.717) is 48.1 Å². The van der Waals surface area contributed by atoms with Crippen molar-refractivity contribution in [2.75, 3.05) is 42.7 Å². The van der Waals surface area contributed by atoms with Gasteiger partial charge in [0.05, 0.1) is 23.3 Å². The summed E-state index contributed by atoms with van der Waals surface area (Å²) in [5.74, 6) is -3.78. The van der Waals surface area contributed by atoms with Gasteiger partial charge in [0.25, 0.3) is 10.0 Å². The molecule has 1 N–H and O–H groups in total. The van der Waals surface area contributed by atoms with E-state index in [9.17, 15) is 30.8 Å². The number of carbonyl (C=O) groups excluding carboxylic acids is 1. The summed E-state index contributed by atoms with van der Waals surface area (Å²) >= 11 is 5.92. The molecule has 12 nitrogen and oxygen atoms in total. The van der Waals surface area contributed by atoms with Gasteiger partial charge in [-0.25, -0.2) is 29.1 Å². The minimum absolute atomic E-state index is 0.0984. The number of methoxy groups -OCH3 is 1. The van der Waals surface area contributed by atoms with Crippen LogP contribution in [-0.4, -0.2) is 73.8 Å². The Kier molecular flexibility index (Phi) is 8.22. The van der Waals surface area contributed by atoms with Crippen LogP contribution >= 0.6 is 11.6 Å². The van der Waals surface area contributed by atoms with E-state index in [4.69, 9.17) is 16.3 Å². The molecule has 0 aliphatic carbocycles. The molecule has 0 atom stereocenters. The number of aromatic nitrogens is 4. The number of sulfonamides is 1. The van der Waals surface area contributed by atoms with Crippen LogP contribution in [-0.2, 0) is 19.7 Å². The number of benzene rings is 1. The lowest BCUT2D eigenvalue weighted by atomic mass is 10.1. The molecule has 1 fully saturated rings. The molecule has 5 rings (SSSR count). The second-order valence-electron chi connectivity index (χ2n) is 8.93. The van der Waals surface area contributed by atoms with E-state index in [1.54, 1.807) is 6.07 Å². The number of piperazine rings is 1. The topological polar surface area (TPSA) is 140 Å². The van der Waals surface area contributed by atoms with Crippen molar-refractivity contribution in [2.45, 2.75) is 11.1 Å². The van der Waals surface area contributed by atoms with Crippen LogP contribution in [0.2, 0.25) is 5.02 Å². The Balaban J connectivity index is 1.66. The molecule has 1 aliphatic heterocycles. The number of ether oxygens (including phenoxy) is 1. The van der Waals surface area contributed by atoms with Crippen molar-refractivity contribution in [1.82, 2.24) is 25.3 Å². The van der Waals surface area contributed by atoms with Gasteiger partial charge >= 0.3 is 12.1 Å². The Morgan fingerprint density at radius 2 is 1.84 bits per heavy atom. The quantitative estimate of drug-likeness (QED) is 0.234. The number of hydrogen-bond acceptors (Lipinski definition) is 11. The zero-order valence-electron chi connectivity index (χ0n) is 22.0. The van der Waals surface area contributed by atoms with E-state index >= 15 is 0 Å². The van der Waals surface area contributed by atoms with Crippen LogP contribution in [0.1, 0.15) is 0 Å². The average molecular weight is 642 g/mol. The smallest absolute Gasteiger partial charge is 0.479 e. The van der Waals surface area contributed by atoms with Gasteiger partial charge in [-0.2, -0.15) is 21.6 Å². The SMILES string of the molecule is COc1ncc(-c2ccc3ncnc(N4CCNCC4)c3n2)cc1N(OC(=O)C(F)(F)F)S(=O)(=O)c1ccc(F)cc1Cl. The number of nitrogens with zero attached hydrogens (tertiary/aromatic N) is 6. The Bertz CT molecular complexity index is 1810. The minimum atomic E-state index is -5.60. The molecule has 4 aromatic rings. The van der Waals surface area contributed by atoms with Crippen LogP contribution < -0.4 is 19.4 Å². The molecule has 1 aromatic carbocycles. The lowest BCUT2D eigenvalue weighted by Gasteiger charge is -2.28. The van der Waals surface area contributed by atoms with Crippen molar-refractivity contribution in [1.29, 1.82) is 0 Å². The summed E-state index contributed by atoms with van der Waals surface area (Å²) in [6, 6.07) is 6.25. The van der Waals surface area contributed by atoms with Crippen molar-refractivity contribution in [3.63, 3.8) is 0 Å². The highest BCUT2D eigenvalue weighted by Gasteiger charge is 2.46. The molecule has 0 bridgehead atoms. The maximum absolute atomic E-state index is 13.7. The molecule has 0 spiro atoms. The Morgan fingerprint density at radius 1 is 1.09 bits per heavy atom. The normalized spacial score (nSPS) is 14.0. The molecular formula is C25H20ClF4N7O5S. The minimum Gasteiger partial charge on any atom is -0.479 e. The number of nitrogens with one attached hydrogen (secondary N) is 1. The highest BCUT2D eigenvalue weighted by molar-refractivity contribution is 7.92. The van der Waals surface area contributed by atoms with Crippen molar-refractivity contribution in [3.05, 3.63) is 59.8 Å². The third kappa shape index (κ3) is 6.09. The van der Waals surface area contributed by atoms with Crippen LogP contribution in [0.15, 0.2) is 53.8 Å². The second kappa shape index (κ2) is 11.7. The maximum Gasteiger partial charge on any atom is 0.493 e. The lowest BCUT2D eigenvalue weighted by molar-refractivity contribution is -0.199. The third-order valence-corrected chi connectivity index (χ3v) is 8.23. The van der Waals surface area contributed by atoms with Crippen molar-refractivity contribution in [2.24, 2.45) is 0 Å². The van der Waals surface area contributed by atoms with Crippen LogP contribution in [0.25, 0.3) is 22.3 Å². The molecule has 18 heteroatoms. The summed E-state index contributed by atoms with van der Waals surface area (Å²) in [6.07, 6.45) is -2.97. The highest BCUT2D eigenvalue weighted by Crippen LogP contribution is 2.37. The monoisotopic (exact) mass is 641 g/mol. The molecule has 1 aliphatic rings. The first-order valence-corrected chi connectivity index (χ1v) is 14.1. The number of halogens is 5. The molecule has 0 saturated carbocycles. The largest absolute Gasteiger partial charge is 0.493 e. The first-order valence-electron chi connectivity index (χ1n) is 12.3. The number of hydrogen-bond donors (Lipinski definition) is 1. The van der Waals surface area contributed by atoms with Crippen molar-refractivity contribution < 1.29 is 40.3 Å². The summed E-state index contributed by atoms with van der Waals surface area (Å²) in [7, 11) is -4.16. The van der Waals surface area contributed by atoms with Gasteiger partial charge < -0.3 is 19.8 Å². The molecular weight excluding hydrogens is 622 g/mol. The average Bonchev–Trinajstić information content (AvgIpc) is 2.98. The number of fused-ring (bicyclic) bond motifs is 1. The number of rotatable bonds is 7. The maximum atomic E-state index is 13.7. The molecule has 0 unspecified atom stereocenters. The second-order valence-corrected chi connectivity index (χ2v) is 11.1. The standard InChI is InChI=1S/C25H20ClF4N7O5S/c1-41-23-19(37(42-24(38)25(28,29)30)43(39,40)20-5-2-15(27)11-16(20)26)10-14(12-32-23)17-3-4-18-21(35-17)22(34-13-33-18)36-8-6-31-7-9-36/h2-5,10-13,31H,6-9H2,1H3. The van der Waals surface area contributed by atoms with E-state index in [2.05, 4.69) is 30.1 Å². The first kappa shape index (κ1) is 30.1. The van der Waals surface area contributed by atoms with Crippen LogP contribution in [0, 0.1) is 5.82 Å². The zero-order valence-corrected chi connectivity index (χ0v) is 23.5. The van der Waals surface area contributed by atoms with Gasteiger partial charge in [-0.15, -0.1) is 0 Å². The predicted octanol–water partition coefficient (Wildman–Crippen LogP) is 3.51. The van der Waals surface area contributed by atoms with E-state index in [-0.39, 0.29) is 15.7 Å². The number of anilines is 2. The third-order valence-electron chi connectivity index (χ3n) is 6.18. The zero-order chi connectivity index (χ0) is 30.9. The summed E-state index contributed by atoms with van der Waals surface area (Å²) < 4.78 is 85.4. The van der Waals surface area contributed by atoms with Gasteiger partial charge in [-0.3, -0.25) is 0 Å². The molecule has 0 radical (unpaired) electrons. The van der Waals surface area contributed by atoms with Gasteiger partial charge in [-0.1, -0.05) is 16.1 Å². The van der Waals surface area contributed by atoms with Crippen LogP contribution in [0.3, 0.4) is 0 Å². The van der Waals surface area contributed by atoms with Crippen molar-refractivity contribution >= 4 is 50.1 Å². The molecule has 226 valence electrons. The van der Waals surface area contributed by atoms with Gasteiger partial charge in [0.2, 0.25) is 5.88 Å². The predicted molar refractivity (Wildman–Crippen MR) is 145 cm³/mol. The molecule has 43 heavy (non-hydrogen) atoms. The van der Waals surface area contributed by atoms with Gasteiger partial charge in [0.15, 0.2) is 11.5 Å². The molecule has 3 aromatic heterocycles. The molecule has 4 heterocycles. The Hall–Kier alpha value is -4.35. The fraction of sp³-hybridized carbons (Fsp3) is 0.240. The lowest BCUT2D eigenvalue weighted by Crippen LogP contribution is -2.44. The Labute approximate surface area is 246 Å². The van der Waals surface area contributed by atoms with Gasteiger partial charge in [0, 0.05) is 37.9 Å². The number of carbonyl (C=O) groups is 1. The Morgan fingerprint density at radius 3 is 2.51 bits per heavy atom.